The van der Waals surface area contributed by atoms with E-state index in [-0.39, 0.29) is 5.41 Å². The van der Waals surface area contributed by atoms with Crippen LogP contribution in [0.5, 0.6) is 0 Å². The third kappa shape index (κ3) is 0.502. The van der Waals surface area contributed by atoms with Crippen molar-refractivity contribution in [2.24, 2.45) is 17.3 Å². The standard InChI is InChI=1S/C10H14O/c11-9-4-3-8-6-7-2-1-5-10(7,8)9/h7-8H,1-6H2. The average molecular weight is 150 g/mol. The average Bonchev–Trinajstić information content (AvgIpc) is 2.41. The Labute approximate surface area is 67.2 Å². The molecule has 0 aliphatic heterocycles. The molecule has 0 aromatic rings. The van der Waals surface area contributed by atoms with Crippen molar-refractivity contribution in [3.05, 3.63) is 0 Å². The first-order chi connectivity index (χ1) is 5.34. The smallest absolute Gasteiger partial charge is 0.139 e. The van der Waals surface area contributed by atoms with Gasteiger partial charge in [-0.3, -0.25) is 4.79 Å². The van der Waals surface area contributed by atoms with Gasteiger partial charge in [0, 0.05) is 11.8 Å². The molecule has 11 heavy (non-hydrogen) atoms. The Morgan fingerprint density at radius 2 is 2.09 bits per heavy atom. The zero-order chi connectivity index (χ0) is 7.47. The largest absolute Gasteiger partial charge is 0.299 e. The van der Waals surface area contributed by atoms with Crippen LogP contribution in [0.2, 0.25) is 0 Å². The lowest BCUT2D eigenvalue weighted by Gasteiger charge is -2.47. The van der Waals surface area contributed by atoms with Gasteiger partial charge in [0.15, 0.2) is 0 Å². The van der Waals surface area contributed by atoms with Crippen LogP contribution in [0.15, 0.2) is 0 Å². The summed E-state index contributed by atoms with van der Waals surface area (Å²) in [5, 5.41) is 0. The topological polar surface area (TPSA) is 17.1 Å². The number of Topliss-reactive ketones (excluding diaryl/α,β-unsaturated/α-hetero) is 1. The Hall–Kier alpha value is -0.330. The van der Waals surface area contributed by atoms with Crippen molar-refractivity contribution < 1.29 is 4.79 Å². The molecule has 0 bridgehead atoms. The second-order valence-electron chi connectivity index (χ2n) is 4.52. The monoisotopic (exact) mass is 150 g/mol. The van der Waals surface area contributed by atoms with Crippen molar-refractivity contribution >= 4 is 5.78 Å². The van der Waals surface area contributed by atoms with Crippen LogP contribution in [0.1, 0.15) is 38.5 Å². The lowest BCUT2D eigenvalue weighted by molar-refractivity contribution is -0.136. The molecule has 1 spiro atoms. The van der Waals surface area contributed by atoms with E-state index in [1.54, 1.807) is 0 Å². The van der Waals surface area contributed by atoms with E-state index in [1.807, 2.05) is 0 Å². The van der Waals surface area contributed by atoms with E-state index in [0.29, 0.717) is 5.78 Å². The molecule has 0 amide bonds. The van der Waals surface area contributed by atoms with Gasteiger partial charge in [-0.1, -0.05) is 6.42 Å². The summed E-state index contributed by atoms with van der Waals surface area (Å²) >= 11 is 0. The number of ketones is 1. The predicted molar refractivity (Wildman–Crippen MR) is 42.1 cm³/mol. The van der Waals surface area contributed by atoms with Crippen molar-refractivity contribution in [2.45, 2.75) is 38.5 Å². The van der Waals surface area contributed by atoms with E-state index in [9.17, 15) is 4.79 Å². The molecule has 3 aliphatic carbocycles. The number of rotatable bonds is 0. The van der Waals surface area contributed by atoms with Gasteiger partial charge in [0.1, 0.15) is 5.78 Å². The third-order valence-corrected chi connectivity index (χ3v) is 4.41. The molecule has 0 radical (unpaired) electrons. The zero-order valence-electron chi connectivity index (χ0n) is 6.81. The van der Waals surface area contributed by atoms with Crippen LogP contribution < -0.4 is 0 Å². The van der Waals surface area contributed by atoms with E-state index in [1.165, 1.54) is 32.1 Å². The second-order valence-corrected chi connectivity index (χ2v) is 4.52. The summed E-state index contributed by atoms with van der Waals surface area (Å²) in [5.41, 5.74) is 0.264. The van der Waals surface area contributed by atoms with Gasteiger partial charge in [0.05, 0.1) is 0 Å². The highest BCUT2D eigenvalue weighted by molar-refractivity contribution is 5.89. The molecule has 0 heterocycles. The molecular formula is C10H14O. The van der Waals surface area contributed by atoms with Crippen LogP contribution in [-0.2, 0) is 4.79 Å². The molecule has 3 saturated carbocycles. The van der Waals surface area contributed by atoms with Crippen LogP contribution in [0.4, 0.5) is 0 Å². The molecule has 1 nitrogen and oxygen atoms in total. The number of hydrogen-bond acceptors (Lipinski definition) is 1. The van der Waals surface area contributed by atoms with Crippen molar-refractivity contribution in [3.63, 3.8) is 0 Å². The van der Waals surface area contributed by atoms with E-state index >= 15 is 0 Å². The summed E-state index contributed by atoms with van der Waals surface area (Å²) in [5.74, 6) is 2.27. The zero-order valence-corrected chi connectivity index (χ0v) is 6.81. The Morgan fingerprint density at radius 1 is 1.27 bits per heavy atom. The first-order valence-corrected chi connectivity index (χ1v) is 4.87. The first-order valence-electron chi connectivity index (χ1n) is 4.87. The SMILES string of the molecule is O=C1CCC2CC3CCCC132. The minimum absolute atomic E-state index is 0.264. The lowest BCUT2D eigenvalue weighted by Crippen LogP contribution is -2.46. The van der Waals surface area contributed by atoms with Crippen LogP contribution in [0.25, 0.3) is 0 Å². The quantitative estimate of drug-likeness (QED) is 0.517. The maximum atomic E-state index is 11.6. The maximum absolute atomic E-state index is 11.6. The minimum Gasteiger partial charge on any atom is -0.299 e. The van der Waals surface area contributed by atoms with Gasteiger partial charge in [-0.2, -0.15) is 0 Å². The number of hydrogen-bond donors (Lipinski definition) is 0. The molecule has 3 atom stereocenters. The van der Waals surface area contributed by atoms with Crippen LogP contribution in [0.3, 0.4) is 0 Å². The van der Waals surface area contributed by atoms with Gasteiger partial charge < -0.3 is 0 Å². The van der Waals surface area contributed by atoms with Crippen LogP contribution in [0, 0.1) is 17.3 Å². The van der Waals surface area contributed by atoms with E-state index in [0.717, 1.165) is 18.3 Å². The minimum atomic E-state index is 0.264. The van der Waals surface area contributed by atoms with E-state index in [2.05, 4.69) is 0 Å². The van der Waals surface area contributed by atoms with Gasteiger partial charge in [-0.15, -0.1) is 0 Å². The molecule has 3 fully saturated rings. The van der Waals surface area contributed by atoms with Crippen molar-refractivity contribution in [1.82, 2.24) is 0 Å². The highest BCUT2D eigenvalue weighted by atomic mass is 16.1. The fraction of sp³-hybridized carbons (Fsp3) is 0.900. The highest BCUT2D eigenvalue weighted by Gasteiger charge is 2.63. The molecule has 1 heteroatoms. The van der Waals surface area contributed by atoms with Gasteiger partial charge in [0.2, 0.25) is 0 Å². The fourth-order valence-corrected chi connectivity index (χ4v) is 3.87. The summed E-state index contributed by atoms with van der Waals surface area (Å²) in [6.45, 7) is 0. The summed E-state index contributed by atoms with van der Waals surface area (Å²) < 4.78 is 0. The fourth-order valence-electron chi connectivity index (χ4n) is 3.87. The van der Waals surface area contributed by atoms with Crippen molar-refractivity contribution in [1.29, 1.82) is 0 Å². The van der Waals surface area contributed by atoms with Crippen molar-refractivity contribution in [2.75, 3.05) is 0 Å². The lowest BCUT2D eigenvalue weighted by atomic mass is 9.56. The van der Waals surface area contributed by atoms with E-state index < -0.39 is 0 Å². The molecular weight excluding hydrogens is 136 g/mol. The number of carbonyl (C=O) groups excluding carboxylic acids is 1. The first kappa shape index (κ1) is 6.22. The summed E-state index contributed by atoms with van der Waals surface area (Å²) in [6, 6.07) is 0. The number of carbonyl (C=O) groups is 1. The third-order valence-electron chi connectivity index (χ3n) is 4.41. The highest BCUT2D eigenvalue weighted by Crippen LogP contribution is 2.66. The maximum Gasteiger partial charge on any atom is 0.139 e. The van der Waals surface area contributed by atoms with Crippen molar-refractivity contribution in [3.8, 4) is 0 Å². The predicted octanol–water partition coefficient (Wildman–Crippen LogP) is 2.16. The molecule has 0 aromatic heterocycles. The summed E-state index contributed by atoms with van der Waals surface area (Å²) in [6.07, 6.45) is 7.42. The van der Waals surface area contributed by atoms with E-state index in [4.69, 9.17) is 0 Å². The van der Waals surface area contributed by atoms with Gasteiger partial charge in [0.25, 0.3) is 0 Å². The molecule has 0 N–H and O–H groups in total. The van der Waals surface area contributed by atoms with Gasteiger partial charge >= 0.3 is 0 Å². The Bertz CT molecular complexity index is 215. The van der Waals surface area contributed by atoms with Gasteiger partial charge in [-0.25, -0.2) is 0 Å². The Balaban J connectivity index is 2.03. The molecule has 60 valence electrons. The summed E-state index contributed by atoms with van der Waals surface area (Å²) in [7, 11) is 0. The second kappa shape index (κ2) is 1.70. The molecule has 0 saturated heterocycles. The molecule has 3 rings (SSSR count). The van der Waals surface area contributed by atoms with Crippen LogP contribution >= 0.6 is 0 Å². The molecule has 3 unspecified atom stereocenters. The van der Waals surface area contributed by atoms with Gasteiger partial charge in [-0.05, 0) is 37.5 Å². The Kier molecular flexibility index (Phi) is 0.961. The summed E-state index contributed by atoms with van der Waals surface area (Å²) in [4.78, 5) is 11.6. The van der Waals surface area contributed by atoms with Crippen LogP contribution in [-0.4, -0.2) is 5.78 Å². The normalized spacial score (nSPS) is 53.6. The molecule has 3 aliphatic rings. The molecule has 0 aromatic carbocycles. The Morgan fingerprint density at radius 3 is 2.82 bits per heavy atom.